The van der Waals surface area contributed by atoms with E-state index in [9.17, 15) is 13.2 Å². The largest absolute Gasteiger partial charge is 0.416 e. The predicted octanol–water partition coefficient (Wildman–Crippen LogP) is 3.75. The van der Waals surface area contributed by atoms with E-state index in [2.05, 4.69) is 17.2 Å². The average Bonchev–Trinajstić information content (AvgIpc) is 2.07. The summed E-state index contributed by atoms with van der Waals surface area (Å²) in [6, 6.07) is 3.32. The van der Waals surface area contributed by atoms with Crippen LogP contribution in [0.1, 0.15) is 11.1 Å². The van der Waals surface area contributed by atoms with E-state index in [0.29, 0.717) is 5.56 Å². The maximum Gasteiger partial charge on any atom is 0.416 e. The van der Waals surface area contributed by atoms with Crippen LogP contribution in [0.4, 0.5) is 18.9 Å². The molecule has 0 amide bonds. The number of aryl methyl sites for hydroxylation is 1. The van der Waals surface area contributed by atoms with E-state index in [1.165, 1.54) is 6.07 Å². The molecule has 0 bridgehead atoms. The van der Waals surface area contributed by atoms with Gasteiger partial charge in [-0.2, -0.15) is 18.2 Å². The lowest BCUT2D eigenvalue weighted by atomic mass is 10.1. The highest BCUT2D eigenvalue weighted by Crippen LogP contribution is 2.32. The minimum atomic E-state index is -4.35. The quantitative estimate of drug-likeness (QED) is 0.515. The molecular weight excluding hydrogens is 211 g/mol. The molecule has 1 aromatic rings. The van der Waals surface area contributed by atoms with Crippen LogP contribution in [0.2, 0.25) is 0 Å². The minimum Gasteiger partial charge on any atom is -0.194 e. The lowest BCUT2D eigenvalue weighted by Gasteiger charge is -2.07. The fraction of sp³-hybridized carbons (Fsp3) is 0.222. The van der Waals surface area contributed by atoms with E-state index in [1.807, 2.05) is 5.16 Å². The highest BCUT2D eigenvalue weighted by molar-refractivity contribution is 7.78. The smallest absolute Gasteiger partial charge is 0.194 e. The molecule has 1 nitrogen and oxygen atoms in total. The van der Waals surface area contributed by atoms with Crippen LogP contribution in [0.3, 0.4) is 0 Å². The van der Waals surface area contributed by atoms with Gasteiger partial charge in [-0.1, -0.05) is 6.07 Å². The van der Waals surface area contributed by atoms with Gasteiger partial charge in [0.1, 0.15) is 0 Å². The normalized spacial score (nSPS) is 10.9. The molecule has 1 rings (SSSR count). The van der Waals surface area contributed by atoms with E-state index in [0.717, 1.165) is 12.1 Å². The van der Waals surface area contributed by atoms with E-state index >= 15 is 0 Å². The Morgan fingerprint density at radius 3 is 2.50 bits per heavy atom. The van der Waals surface area contributed by atoms with Crippen LogP contribution in [0.15, 0.2) is 23.2 Å². The van der Waals surface area contributed by atoms with Gasteiger partial charge in [0.15, 0.2) is 0 Å². The monoisotopic (exact) mass is 217 g/mol. The van der Waals surface area contributed by atoms with Crippen LogP contribution in [-0.4, -0.2) is 5.16 Å². The number of benzene rings is 1. The molecule has 0 saturated heterocycles. The van der Waals surface area contributed by atoms with Gasteiger partial charge in [0.05, 0.1) is 16.4 Å². The van der Waals surface area contributed by atoms with Crippen molar-refractivity contribution in [3.8, 4) is 0 Å². The molecule has 0 aromatic heterocycles. The standard InChI is InChI=1S/C9H6F3NS/c1-6-2-3-7(9(10,11)12)4-8(6)13-5-14/h2-4H,1H3. The number of hydrogen-bond donors (Lipinski definition) is 0. The van der Waals surface area contributed by atoms with Gasteiger partial charge in [0, 0.05) is 0 Å². The molecule has 0 N–H and O–H groups in total. The van der Waals surface area contributed by atoms with Crippen LogP contribution < -0.4 is 0 Å². The molecule has 0 saturated carbocycles. The molecule has 0 atom stereocenters. The van der Waals surface area contributed by atoms with Crippen LogP contribution in [0, 0.1) is 6.92 Å². The van der Waals surface area contributed by atoms with Crippen molar-refractivity contribution >= 4 is 23.1 Å². The molecule has 0 fully saturated rings. The van der Waals surface area contributed by atoms with Gasteiger partial charge < -0.3 is 0 Å². The molecule has 0 aliphatic carbocycles. The van der Waals surface area contributed by atoms with Crippen molar-refractivity contribution in [3.05, 3.63) is 29.3 Å². The van der Waals surface area contributed by atoms with Crippen molar-refractivity contribution in [1.82, 2.24) is 0 Å². The zero-order valence-corrected chi connectivity index (χ0v) is 8.04. The molecule has 0 radical (unpaired) electrons. The number of aliphatic imine (C=N–C) groups is 1. The number of isothiocyanates is 1. The molecule has 74 valence electrons. The summed E-state index contributed by atoms with van der Waals surface area (Å²) in [5.74, 6) is 0. The van der Waals surface area contributed by atoms with Crippen LogP contribution in [0.5, 0.6) is 0 Å². The maximum atomic E-state index is 12.3. The maximum absolute atomic E-state index is 12.3. The van der Waals surface area contributed by atoms with E-state index in [-0.39, 0.29) is 5.69 Å². The van der Waals surface area contributed by atoms with Gasteiger partial charge in [-0.3, -0.25) is 0 Å². The van der Waals surface area contributed by atoms with Gasteiger partial charge in [0.2, 0.25) is 0 Å². The van der Waals surface area contributed by atoms with Gasteiger partial charge in [-0.05, 0) is 36.8 Å². The first kappa shape index (κ1) is 10.9. The molecule has 0 aliphatic heterocycles. The molecule has 0 heterocycles. The van der Waals surface area contributed by atoms with Gasteiger partial charge >= 0.3 is 6.18 Å². The van der Waals surface area contributed by atoms with E-state index in [4.69, 9.17) is 0 Å². The SMILES string of the molecule is Cc1ccc(C(F)(F)F)cc1N=C=S. The Balaban J connectivity index is 3.26. The zero-order valence-electron chi connectivity index (χ0n) is 7.22. The second-order valence-electron chi connectivity index (χ2n) is 2.70. The molecular formula is C9H6F3NS. The van der Waals surface area contributed by atoms with Crippen molar-refractivity contribution in [2.75, 3.05) is 0 Å². The molecule has 5 heteroatoms. The van der Waals surface area contributed by atoms with Crippen molar-refractivity contribution in [2.24, 2.45) is 4.99 Å². The topological polar surface area (TPSA) is 12.4 Å². The lowest BCUT2D eigenvalue weighted by Crippen LogP contribution is -2.04. The number of hydrogen-bond acceptors (Lipinski definition) is 2. The van der Waals surface area contributed by atoms with Crippen LogP contribution in [0.25, 0.3) is 0 Å². The number of rotatable bonds is 1. The van der Waals surface area contributed by atoms with Crippen LogP contribution >= 0.6 is 12.2 Å². The fourth-order valence-electron chi connectivity index (χ4n) is 0.955. The zero-order chi connectivity index (χ0) is 10.8. The first-order chi connectivity index (χ1) is 6.45. The Labute approximate surface area is 84.3 Å². The summed E-state index contributed by atoms with van der Waals surface area (Å²) in [4.78, 5) is 3.55. The third-order valence-corrected chi connectivity index (χ3v) is 1.79. The first-order valence-electron chi connectivity index (χ1n) is 3.71. The average molecular weight is 217 g/mol. The number of nitrogens with zero attached hydrogens (tertiary/aromatic N) is 1. The van der Waals surface area contributed by atoms with E-state index in [1.54, 1.807) is 6.92 Å². The van der Waals surface area contributed by atoms with Crippen molar-refractivity contribution in [3.63, 3.8) is 0 Å². The summed E-state index contributed by atoms with van der Waals surface area (Å²) in [7, 11) is 0. The van der Waals surface area contributed by atoms with Crippen molar-refractivity contribution in [1.29, 1.82) is 0 Å². The highest BCUT2D eigenvalue weighted by atomic mass is 32.1. The predicted molar refractivity (Wildman–Crippen MR) is 50.9 cm³/mol. The molecule has 14 heavy (non-hydrogen) atoms. The summed E-state index contributed by atoms with van der Waals surface area (Å²) in [6.45, 7) is 1.66. The number of alkyl halides is 3. The highest BCUT2D eigenvalue weighted by Gasteiger charge is 2.30. The summed E-state index contributed by atoms with van der Waals surface area (Å²) < 4.78 is 36.8. The Bertz CT molecular complexity index is 392. The Hall–Kier alpha value is -1.19. The molecule has 0 unspecified atom stereocenters. The molecule has 1 aromatic carbocycles. The fourth-order valence-corrected chi connectivity index (χ4v) is 1.05. The van der Waals surface area contributed by atoms with Crippen molar-refractivity contribution < 1.29 is 13.2 Å². The third kappa shape index (κ3) is 2.40. The summed E-state index contributed by atoms with van der Waals surface area (Å²) in [5.41, 5.74) is 0.109. The Morgan fingerprint density at radius 2 is 2.00 bits per heavy atom. The molecule has 0 aliphatic rings. The van der Waals surface area contributed by atoms with Gasteiger partial charge in [0.25, 0.3) is 0 Å². The van der Waals surface area contributed by atoms with Crippen LogP contribution in [-0.2, 0) is 6.18 Å². The second kappa shape index (κ2) is 3.90. The van der Waals surface area contributed by atoms with E-state index < -0.39 is 11.7 Å². The van der Waals surface area contributed by atoms with Gasteiger partial charge in [-0.15, -0.1) is 0 Å². The summed E-state index contributed by atoms with van der Waals surface area (Å²) in [6.07, 6.45) is -4.35. The van der Waals surface area contributed by atoms with Gasteiger partial charge in [-0.25, -0.2) is 0 Å². The first-order valence-corrected chi connectivity index (χ1v) is 4.11. The summed E-state index contributed by atoms with van der Waals surface area (Å²) >= 11 is 4.33. The Kier molecular flexibility index (Phi) is 3.03. The molecule has 0 spiro atoms. The number of thiocarbonyl (C=S) groups is 1. The lowest BCUT2D eigenvalue weighted by molar-refractivity contribution is -0.137. The van der Waals surface area contributed by atoms with Crippen molar-refractivity contribution in [2.45, 2.75) is 13.1 Å². The number of halogens is 3. The summed E-state index contributed by atoms with van der Waals surface area (Å²) in [5, 5.41) is 2.04. The third-order valence-electron chi connectivity index (χ3n) is 1.70. The Morgan fingerprint density at radius 1 is 1.36 bits per heavy atom. The second-order valence-corrected chi connectivity index (χ2v) is 2.88. The minimum absolute atomic E-state index is 0.204.